The van der Waals surface area contributed by atoms with E-state index in [9.17, 15) is 0 Å². The van der Waals surface area contributed by atoms with Crippen molar-refractivity contribution in [3.8, 4) is 22.8 Å². The van der Waals surface area contributed by atoms with Crippen LogP contribution in [-0.4, -0.2) is 37.7 Å². The smallest absolute Gasteiger partial charge is 0.161 e. The van der Waals surface area contributed by atoms with Gasteiger partial charge in [-0.1, -0.05) is 24.8 Å². The molecule has 1 aliphatic rings. The summed E-state index contributed by atoms with van der Waals surface area (Å²) in [5, 5.41) is 5.88. The second-order valence-corrected chi connectivity index (χ2v) is 7.56. The summed E-state index contributed by atoms with van der Waals surface area (Å²) in [6, 6.07) is 17.8. The predicted octanol–water partition coefficient (Wildman–Crippen LogP) is 4.75. The summed E-state index contributed by atoms with van der Waals surface area (Å²) in [5.74, 6) is 2.15. The van der Waals surface area contributed by atoms with Crippen LogP contribution in [0.4, 0.5) is 0 Å². The van der Waals surface area contributed by atoms with Crippen LogP contribution in [0.5, 0.6) is 11.5 Å². The molecule has 0 spiro atoms. The largest absolute Gasteiger partial charge is 0.457 e. The van der Waals surface area contributed by atoms with Gasteiger partial charge in [-0.15, -0.1) is 0 Å². The Morgan fingerprint density at radius 2 is 1.87 bits per heavy atom. The van der Waals surface area contributed by atoms with Gasteiger partial charge in [-0.25, -0.2) is 14.6 Å². The number of benzene rings is 2. The van der Waals surface area contributed by atoms with Crippen molar-refractivity contribution < 1.29 is 4.74 Å². The van der Waals surface area contributed by atoms with E-state index in [2.05, 4.69) is 21.4 Å². The van der Waals surface area contributed by atoms with Crippen LogP contribution >= 0.6 is 0 Å². The van der Waals surface area contributed by atoms with Crippen molar-refractivity contribution in [2.24, 2.45) is 5.92 Å². The molecule has 0 N–H and O–H groups in total. The van der Waals surface area contributed by atoms with Crippen molar-refractivity contribution in [1.82, 2.24) is 24.6 Å². The van der Waals surface area contributed by atoms with E-state index in [1.165, 1.54) is 0 Å². The van der Waals surface area contributed by atoms with E-state index in [1.54, 1.807) is 6.33 Å². The third-order valence-corrected chi connectivity index (χ3v) is 5.52. The molecule has 0 saturated carbocycles. The first kappa shape index (κ1) is 18.4. The molecule has 2 aromatic heterocycles. The lowest BCUT2D eigenvalue weighted by Gasteiger charge is -2.12. The Morgan fingerprint density at radius 1 is 1.07 bits per heavy atom. The van der Waals surface area contributed by atoms with Crippen LogP contribution in [0, 0.1) is 5.92 Å². The molecule has 150 valence electrons. The number of ether oxygens (including phenoxy) is 1. The minimum atomic E-state index is 0.538. The average Bonchev–Trinajstić information content (AvgIpc) is 3.40. The number of hydrogen-bond acceptors (Lipinski definition) is 5. The second-order valence-electron chi connectivity index (χ2n) is 7.56. The molecule has 30 heavy (non-hydrogen) atoms. The van der Waals surface area contributed by atoms with E-state index in [4.69, 9.17) is 9.84 Å². The van der Waals surface area contributed by atoms with Crippen LogP contribution in [-0.2, 0) is 6.54 Å². The van der Waals surface area contributed by atoms with E-state index in [0.717, 1.165) is 59.8 Å². The Kier molecular flexibility index (Phi) is 4.89. The SMILES string of the molecule is C=CN1CC[C@@H](Cn2nc(-c3ccc(Oc4ccccc4)cc3)c3cncnc32)C1. The first-order chi connectivity index (χ1) is 14.8. The molecule has 1 aliphatic heterocycles. The summed E-state index contributed by atoms with van der Waals surface area (Å²) in [7, 11) is 0. The van der Waals surface area contributed by atoms with E-state index in [1.807, 2.05) is 71.7 Å². The lowest BCUT2D eigenvalue weighted by Crippen LogP contribution is -2.17. The average molecular weight is 397 g/mol. The standard InChI is InChI=1S/C24H23N5O/c1-2-28-13-12-18(15-28)16-29-24-22(14-25-17-26-24)23(27-29)19-8-10-21(11-9-19)30-20-6-4-3-5-7-20/h2-11,14,17-18H,1,12-13,15-16H2/t18-/m1/s1. The molecule has 0 radical (unpaired) electrons. The molecule has 2 aromatic carbocycles. The molecule has 3 heterocycles. The van der Waals surface area contributed by atoms with Gasteiger partial charge in [0.2, 0.25) is 0 Å². The molecule has 0 amide bonds. The van der Waals surface area contributed by atoms with Gasteiger partial charge in [-0.2, -0.15) is 5.10 Å². The van der Waals surface area contributed by atoms with Crippen molar-refractivity contribution in [1.29, 1.82) is 0 Å². The van der Waals surface area contributed by atoms with E-state index < -0.39 is 0 Å². The number of fused-ring (bicyclic) bond motifs is 1. The van der Waals surface area contributed by atoms with Gasteiger partial charge in [-0.3, -0.25) is 0 Å². The lowest BCUT2D eigenvalue weighted by atomic mass is 10.1. The van der Waals surface area contributed by atoms with Gasteiger partial charge in [0.25, 0.3) is 0 Å². The third kappa shape index (κ3) is 3.64. The maximum Gasteiger partial charge on any atom is 0.161 e. The topological polar surface area (TPSA) is 56.1 Å². The molecule has 0 unspecified atom stereocenters. The van der Waals surface area contributed by atoms with Crippen molar-refractivity contribution in [2.75, 3.05) is 13.1 Å². The molecule has 4 aromatic rings. The zero-order chi connectivity index (χ0) is 20.3. The maximum atomic E-state index is 5.91. The molecule has 6 nitrogen and oxygen atoms in total. The fourth-order valence-electron chi connectivity index (χ4n) is 3.99. The van der Waals surface area contributed by atoms with Crippen LogP contribution in [0.2, 0.25) is 0 Å². The lowest BCUT2D eigenvalue weighted by molar-refractivity contribution is 0.402. The normalized spacial score (nSPS) is 16.1. The van der Waals surface area contributed by atoms with E-state index in [-0.39, 0.29) is 0 Å². The van der Waals surface area contributed by atoms with Crippen molar-refractivity contribution >= 4 is 11.0 Å². The van der Waals surface area contributed by atoms with E-state index in [0.29, 0.717) is 5.92 Å². The molecular formula is C24H23N5O. The van der Waals surface area contributed by atoms with Gasteiger partial charge in [0.15, 0.2) is 5.65 Å². The Labute approximate surface area is 175 Å². The Morgan fingerprint density at radius 3 is 2.63 bits per heavy atom. The van der Waals surface area contributed by atoms with E-state index >= 15 is 0 Å². The highest BCUT2D eigenvalue weighted by Crippen LogP contribution is 2.30. The highest BCUT2D eigenvalue weighted by Gasteiger charge is 2.23. The van der Waals surface area contributed by atoms with Gasteiger partial charge < -0.3 is 9.64 Å². The van der Waals surface area contributed by atoms with Crippen molar-refractivity contribution in [3.05, 3.63) is 79.9 Å². The second kappa shape index (κ2) is 7.99. The monoisotopic (exact) mass is 397 g/mol. The summed E-state index contributed by atoms with van der Waals surface area (Å²) in [4.78, 5) is 11.0. The molecular weight excluding hydrogens is 374 g/mol. The molecule has 1 fully saturated rings. The fraction of sp³-hybridized carbons (Fsp3) is 0.208. The number of nitrogens with zero attached hydrogens (tertiary/aromatic N) is 5. The summed E-state index contributed by atoms with van der Waals surface area (Å²) in [5.41, 5.74) is 2.80. The minimum absolute atomic E-state index is 0.538. The Hall–Kier alpha value is -3.67. The number of likely N-dealkylation sites (tertiary alicyclic amines) is 1. The van der Waals surface area contributed by atoms with Gasteiger partial charge in [-0.05, 0) is 54.9 Å². The minimum Gasteiger partial charge on any atom is -0.457 e. The molecule has 0 bridgehead atoms. The Bertz CT molecular complexity index is 1150. The van der Waals surface area contributed by atoms with Crippen molar-refractivity contribution in [2.45, 2.75) is 13.0 Å². The number of para-hydroxylation sites is 1. The highest BCUT2D eigenvalue weighted by molar-refractivity contribution is 5.90. The molecule has 6 heteroatoms. The summed E-state index contributed by atoms with van der Waals surface area (Å²) in [6.07, 6.45) is 6.50. The van der Waals surface area contributed by atoms with Crippen LogP contribution in [0.15, 0.2) is 79.9 Å². The summed E-state index contributed by atoms with van der Waals surface area (Å²) < 4.78 is 7.93. The summed E-state index contributed by atoms with van der Waals surface area (Å²) in [6.45, 7) is 6.79. The first-order valence-corrected chi connectivity index (χ1v) is 10.2. The summed E-state index contributed by atoms with van der Waals surface area (Å²) >= 11 is 0. The van der Waals surface area contributed by atoms with Gasteiger partial charge in [0.05, 0.1) is 5.39 Å². The quantitative estimate of drug-likeness (QED) is 0.470. The zero-order valence-electron chi connectivity index (χ0n) is 16.7. The van der Waals surface area contributed by atoms with Gasteiger partial charge >= 0.3 is 0 Å². The Balaban J connectivity index is 1.42. The first-order valence-electron chi connectivity index (χ1n) is 10.2. The third-order valence-electron chi connectivity index (χ3n) is 5.52. The maximum absolute atomic E-state index is 5.91. The number of hydrogen-bond donors (Lipinski definition) is 0. The van der Waals surface area contributed by atoms with Gasteiger partial charge in [0.1, 0.15) is 23.5 Å². The van der Waals surface area contributed by atoms with Crippen LogP contribution in [0.1, 0.15) is 6.42 Å². The zero-order valence-corrected chi connectivity index (χ0v) is 16.7. The van der Waals surface area contributed by atoms with Crippen LogP contribution < -0.4 is 4.74 Å². The van der Waals surface area contributed by atoms with Crippen molar-refractivity contribution in [3.63, 3.8) is 0 Å². The predicted molar refractivity (Wildman–Crippen MR) is 117 cm³/mol. The molecule has 1 atom stereocenters. The highest BCUT2D eigenvalue weighted by atomic mass is 16.5. The fourth-order valence-corrected chi connectivity index (χ4v) is 3.99. The molecule has 0 aliphatic carbocycles. The molecule has 5 rings (SSSR count). The van der Waals surface area contributed by atoms with Crippen LogP contribution in [0.3, 0.4) is 0 Å². The molecule has 1 saturated heterocycles. The number of aromatic nitrogens is 4. The number of rotatable bonds is 6. The van der Waals surface area contributed by atoms with Crippen LogP contribution in [0.25, 0.3) is 22.3 Å². The van der Waals surface area contributed by atoms with Gasteiger partial charge in [0, 0.05) is 31.4 Å².